The molecule has 0 bridgehead atoms. The molecule has 0 atom stereocenters. The molecule has 6 heavy (non-hydrogen) atoms. The Morgan fingerprint density at radius 3 is 0.333 bits per heavy atom. The summed E-state index contributed by atoms with van der Waals surface area (Å²) < 4.78 is 0. The maximum Gasteiger partial charge on any atom is 0 e. The second-order valence-corrected chi connectivity index (χ2v) is 0. The predicted octanol–water partition coefficient (Wildman–Crippen LogP) is 2.89. The Bertz CT molecular complexity index is 3.90. The third-order valence-electron chi connectivity index (χ3n) is 0. The van der Waals surface area contributed by atoms with Crippen molar-refractivity contribution in [1.29, 1.82) is 0 Å². The largest absolute Gasteiger partial charge is 0.114 e. The first kappa shape index (κ1) is 62.3. The van der Waals surface area contributed by atoms with Crippen LogP contribution in [0.25, 0.3) is 0 Å². The van der Waals surface area contributed by atoms with Crippen LogP contribution in [0.5, 0.6) is 0 Å². The molecule has 0 aromatic heterocycles. The molecule has 0 saturated carbocycles. The Labute approximate surface area is 104 Å². The maximum absolute atomic E-state index is 0. The summed E-state index contributed by atoms with van der Waals surface area (Å²) in [7, 11) is 0. The van der Waals surface area contributed by atoms with Crippen LogP contribution in [0.15, 0.2) is 0 Å². The van der Waals surface area contributed by atoms with Crippen LogP contribution in [-0.2, 0) is 21.1 Å². The molecule has 0 aliphatic carbocycles. The second kappa shape index (κ2) is 42.6. The van der Waals surface area contributed by atoms with Gasteiger partial charge >= 0.3 is 0 Å². The fraction of sp³-hybridized carbons (Fsp3) is 0. The topological polar surface area (TPSA) is 0 Å². The Balaban J connectivity index is 0. The minimum atomic E-state index is 0. The van der Waals surface area contributed by atoms with Gasteiger partial charge in [0.2, 0.25) is 0 Å². The van der Waals surface area contributed by atoms with Crippen LogP contribution in [-0.4, -0.2) is 0 Å². The van der Waals surface area contributed by atoms with E-state index in [1.54, 1.807) is 0 Å². The molecule has 46 valence electrons. The zero-order valence-electron chi connectivity index (χ0n) is 2.45. The van der Waals surface area contributed by atoms with E-state index in [2.05, 4.69) is 0 Å². The summed E-state index contributed by atoms with van der Waals surface area (Å²) in [5.74, 6) is 0. The summed E-state index contributed by atoms with van der Waals surface area (Å²) in [6.07, 6.45) is 0. The van der Waals surface area contributed by atoms with Crippen molar-refractivity contribution >= 4 is 84.9 Å². The van der Waals surface area contributed by atoms with Gasteiger partial charge in [-0.2, -0.15) is 0 Å². The van der Waals surface area contributed by atoms with Gasteiger partial charge in [0.1, 0.15) is 0 Å². The first-order valence-electron chi connectivity index (χ1n) is 0. The summed E-state index contributed by atoms with van der Waals surface area (Å²) in [6, 6.07) is 0. The molecular formula is H5Br5Mo. The van der Waals surface area contributed by atoms with Crippen molar-refractivity contribution in [3.63, 3.8) is 0 Å². The summed E-state index contributed by atoms with van der Waals surface area (Å²) in [5, 5.41) is 0. The van der Waals surface area contributed by atoms with Crippen LogP contribution in [0.2, 0.25) is 0 Å². The number of halogens is 5. The van der Waals surface area contributed by atoms with Crippen LogP contribution in [0.4, 0.5) is 0 Å². The molecule has 0 heterocycles. The van der Waals surface area contributed by atoms with Gasteiger partial charge in [-0.1, -0.05) is 0 Å². The van der Waals surface area contributed by atoms with E-state index in [1.165, 1.54) is 0 Å². The molecule has 0 fully saturated rings. The van der Waals surface area contributed by atoms with Crippen LogP contribution in [0.1, 0.15) is 0 Å². The van der Waals surface area contributed by atoms with Gasteiger partial charge in [0.25, 0.3) is 0 Å². The molecule has 0 saturated heterocycles. The zero-order chi connectivity index (χ0) is 0. The molecule has 0 aromatic carbocycles. The van der Waals surface area contributed by atoms with Crippen LogP contribution in [0.3, 0.4) is 0 Å². The van der Waals surface area contributed by atoms with Gasteiger partial charge in [0.15, 0.2) is 0 Å². The number of rotatable bonds is 0. The van der Waals surface area contributed by atoms with Crippen LogP contribution >= 0.6 is 84.9 Å². The molecule has 0 nitrogen and oxygen atoms in total. The van der Waals surface area contributed by atoms with Crippen molar-refractivity contribution in [2.24, 2.45) is 0 Å². The quantitative estimate of drug-likeness (QED) is 0.449. The van der Waals surface area contributed by atoms with Gasteiger partial charge in [0.05, 0.1) is 0 Å². The number of hydrogen-bond acceptors (Lipinski definition) is 0. The molecule has 0 aliphatic rings. The molecule has 0 spiro atoms. The summed E-state index contributed by atoms with van der Waals surface area (Å²) in [6.45, 7) is 0. The van der Waals surface area contributed by atoms with Crippen molar-refractivity contribution in [2.75, 3.05) is 0 Å². The van der Waals surface area contributed by atoms with E-state index < -0.39 is 0 Å². The SMILES string of the molecule is Br.Br.Br.Br.Br.[Mo]. The average Bonchev–Trinajstić information content (AvgIpc) is 0. The summed E-state index contributed by atoms with van der Waals surface area (Å²) in [5.41, 5.74) is 0. The predicted molar refractivity (Wildman–Crippen MR) is 51.6 cm³/mol. The van der Waals surface area contributed by atoms with E-state index in [0.29, 0.717) is 0 Å². The van der Waals surface area contributed by atoms with Crippen molar-refractivity contribution in [1.82, 2.24) is 0 Å². The Morgan fingerprint density at radius 2 is 0.333 bits per heavy atom. The van der Waals surface area contributed by atoms with E-state index in [-0.39, 0.29) is 106 Å². The Kier molecular flexibility index (Phi) is 443. The number of hydrogen-bond donors (Lipinski definition) is 0. The maximum atomic E-state index is 0. The van der Waals surface area contributed by atoms with Crippen LogP contribution < -0.4 is 0 Å². The van der Waals surface area contributed by atoms with Gasteiger partial charge in [-0.15, -0.1) is 84.9 Å². The standard InChI is InChI=1S/5BrH.Mo/h5*1H;. The van der Waals surface area contributed by atoms with Crippen molar-refractivity contribution in [3.8, 4) is 0 Å². The van der Waals surface area contributed by atoms with Gasteiger partial charge < -0.3 is 0 Å². The first-order chi connectivity index (χ1) is 0. The van der Waals surface area contributed by atoms with Crippen molar-refractivity contribution in [3.05, 3.63) is 0 Å². The molecule has 0 radical (unpaired) electrons. The van der Waals surface area contributed by atoms with E-state index in [1.807, 2.05) is 0 Å². The van der Waals surface area contributed by atoms with E-state index >= 15 is 0 Å². The molecule has 0 N–H and O–H groups in total. The van der Waals surface area contributed by atoms with E-state index in [9.17, 15) is 0 Å². The summed E-state index contributed by atoms with van der Waals surface area (Å²) in [4.78, 5) is 0. The smallest absolute Gasteiger partial charge is 0 e. The minimum Gasteiger partial charge on any atom is -0.114 e. The molecular weight excluding hydrogens is 495 g/mol. The first-order valence-corrected chi connectivity index (χ1v) is 0. The Hall–Kier alpha value is 3.09. The van der Waals surface area contributed by atoms with Gasteiger partial charge in [-0.3, -0.25) is 0 Å². The monoisotopic (exact) mass is 498 g/mol. The molecule has 0 rings (SSSR count). The van der Waals surface area contributed by atoms with Crippen LogP contribution in [0, 0.1) is 0 Å². The van der Waals surface area contributed by atoms with Gasteiger partial charge in [-0.05, 0) is 0 Å². The Morgan fingerprint density at radius 1 is 0.333 bits per heavy atom. The minimum absolute atomic E-state index is 0. The fourth-order valence-electron chi connectivity index (χ4n) is 0. The fourth-order valence-corrected chi connectivity index (χ4v) is 0. The normalized spacial score (nSPS) is 0. The molecule has 0 unspecified atom stereocenters. The summed E-state index contributed by atoms with van der Waals surface area (Å²) >= 11 is 0. The molecule has 0 aromatic rings. The van der Waals surface area contributed by atoms with Gasteiger partial charge in [0, 0.05) is 21.1 Å². The second-order valence-electron chi connectivity index (χ2n) is 0. The molecule has 0 aliphatic heterocycles. The third-order valence-corrected chi connectivity index (χ3v) is 0. The third kappa shape index (κ3) is 27.5. The van der Waals surface area contributed by atoms with Crippen molar-refractivity contribution in [2.45, 2.75) is 0 Å². The average molecular weight is 500 g/mol. The van der Waals surface area contributed by atoms with E-state index in [4.69, 9.17) is 0 Å². The molecule has 6 heteroatoms. The van der Waals surface area contributed by atoms with E-state index in [0.717, 1.165) is 0 Å². The van der Waals surface area contributed by atoms with Gasteiger partial charge in [-0.25, -0.2) is 0 Å². The van der Waals surface area contributed by atoms with Crippen molar-refractivity contribution < 1.29 is 21.1 Å². The molecule has 0 amide bonds. The zero-order valence-corrected chi connectivity index (χ0v) is 13.0.